The molecule has 1 fully saturated rings. The van der Waals surface area contributed by atoms with Gasteiger partial charge >= 0.3 is 0 Å². The standard InChI is InChI=1S/C14H18O4/c1-8-7-10(8)12(15)9-5-6-11(16-2)14(18-4)13(9)17-3/h5-6,8,10H,7H2,1-4H3. The van der Waals surface area contributed by atoms with E-state index in [0.29, 0.717) is 28.7 Å². The zero-order valence-corrected chi connectivity index (χ0v) is 11.1. The number of ether oxygens (including phenoxy) is 3. The van der Waals surface area contributed by atoms with Gasteiger partial charge in [0.15, 0.2) is 17.3 Å². The fourth-order valence-corrected chi connectivity index (χ4v) is 2.18. The molecule has 4 nitrogen and oxygen atoms in total. The minimum atomic E-state index is 0.122. The van der Waals surface area contributed by atoms with Crippen molar-refractivity contribution < 1.29 is 19.0 Å². The number of Topliss-reactive ketones (excluding diaryl/α,β-unsaturated/α-hetero) is 1. The topological polar surface area (TPSA) is 44.8 Å². The number of hydrogen-bond donors (Lipinski definition) is 0. The van der Waals surface area contributed by atoms with Gasteiger partial charge in [0.05, 0.1) is 26.9 Å². The summed E-state index contributed by atoms with van der Waals surface area (Å²) >= 11 is 0. The zero-order valence-electron chi connectivity index (χ0n) is 11.1. The quantitative estimate of drug-likeness (QED) is 0.753. The Morgan fingerprint density at radius 1 is 1.11 bits per heavy atom. The summed E-state index contributed by atoms with van der Waals surface area (Å²) in [7, 11) is 4.63. The maximum Gasteiger partial charge on any atom is 0.204 e. The lowest BCUT2D eigenvalue weighted by Crippen LogP contribution is -2.07. The molecule has 0 aromatic heterocycles. The Morgan fingerprint density at radius 3 is 2.17 bits per heavy atom. The molecule has 1 aliphatic carbocycles. The first kappa shape index (κ1) is 12.7. The number of benzene rings is 1. The van der Waals surface area contributed by atoms with Gasteiger partial charge in [0, 0.05) is 5.92 Å². The molecule has 2 atom stereocenters. The number of rotatable bonds is 5. The van der Waals surface area contributed by atoms with Gasteiger partial charge in [-0.15, -0.1) is 0 Å². The van der Waals surface area contributed by atoms with Gasteiger partial charge in [0.2, 0.25) is 5.75 Å². The fourth-order valence-electron chi connectivity index (χ4n) is 2.18. The van der Waals surface area contributed by atoms with E-state index < -0.39 is 0 Å². The largest absolute Gasteiger partial charge is 0.493 e. The molecule has 0 aliphatic heterocycles. The van der Waals surface area contributed by atoms with E-state index in [-0.39, 0.29) is 11.7 Å². The van der Waals surface area contributed by atoms with Crippen LogP contribution in [0.5, 0.6) is 17.2 Å². The van der Waals surface area contributed by atoms with Crippen LogP contribution in [0.25, 0.3) is 0 Å². The summed E-state index contributed by atoms with van der Waals surface area (Å²) in [4.78, 5) is 12.3. The second-order valence-electron chi connectivity index (χ2n) is 4.57. The van der Waals surface area contributed by atoms with E-state index in [1.165, 1.54) is 14.2 Å². The summed E-state index contributed by atoms with van der Waals surface area (Å²) < 4.78 is 15.8. The van der Waals surface area contributed by atoms with Gasteiger partial charge in [-0.25, -0.2) is 0 Å². The van der Waals surface area contributed by atoms with Crippen molar-refractivity contribution in [1.82, 2.24) is 0 Å². The maximum absolute atomic E-state index is 12.3. The molecular formula is C14H18O4. The molecule has 18 heavy (non-hydrogen) atoms. The van der Waals surface area contributed by atoms with Crippen molar-refractivity contribution in [2.24, 2.45) is 11.8 Å². The first-order valence-corrected chi connectivity index (χ1v) is 5.97. The molecule has 4 heteroatoms. The Labute approximate surface area is 107 Å². The number of carbonyl (C=O) groups is 1. The van der Waals surface area contributed by atoms with E-state index in [2.05, 4.69) is 6.92 Å². The van der Waals surface area contributed by atoms with Crippen LogP contribution in [0.3, 0.4) is 0 Å². The van der Waals surface area contributed by atoms with Crippen LogP contribution in [0.15, 0.2) is 12.1 Å². The molecule has 98 valence electrons. The SMILES string of the molecule is COc1ccc(C(=O)C2CC2C)c(OC)c1OC. The first-order valence-electron chi connectivity index (χ1n) is 5.97. The van der Waals surface area contributed by atoms with Gasteiger partial charge in [-0.2, -0.15) is 0 Å². The van der Waals surface area contributed by atoms with Gasteiger partial charge in [-0.3, -0.25) is 4.79 Å². The highest BCUT2D eigenvalue weighted by molar-refractivity contribution is 6.03. The molecule has 2 unspecified atom stereocenters. The molecule has 1 aliphatic rings. The highest BCUT2D eigenvalue weighted by Crippen LogP contribution is 2.45. The molecule has 0 amide bonds. The monoisotopic (exact) mass is 250 g/mol. The van der Waals surface area contributed by atoms with E-state index in [4.69, 9.17) is 14.2 Å². The van der Waals surface area contributed by atoms with Crippen molar-refractivity contribution in [3.63, 3.8) is 0 Å². The molecule has 1 saturated carbocycles. The molecule has 2 rings (SSSR count). The van der Waals surface area contributed by atoms with Crippen molar-refractivity contribution >= 4 is 5.78 Å². The average molecular weight is 250 g/mol. The van der Waals surface area contributed by atoms with Crippen LogP contribution < -0.4 is 14.2 Å². The summed E-state index contributed by atoms with van der Waals surface area (Å²) in [6.07, 6.45) is 0.955. The normalized spacial score (nSPS) is 21.3. The molecule has 0 N–H and O–H groups in total. The summed E-state index contributed by atoms with van der Waals surface area (Å²) in [6.45, 7) is 2.08. The molecular weight excluding hydrogens is 232 g/mol. The minimum Gasteiger partial charge on any atom is -0.493 e. The van der Waals surface area contributed by atoms with E-state index in [0.717, 1.165) is 6.42 Å². The van der Waals surface area contributed by atoms with E-state index in [1.54, 1.807) is 19.2 Å². The maximum atomic E-state index is 12.3. The summed E-state index contributed by atoms with van der Waals surface area (Å²) in [5.74, 6) is 2.21. The van der Waals surface area contributed by atoms with E-state index >= 15 is 0 Å². The van der Waals surface area contributed by atoms with Gasteiger partial charge in [0.1, 0.15) is 0 Å². The lowest BCUT2D eigenvalue weighted by Gasteiger charge is -2.15. The first-order chi connectivity index (χ1) is 8.63. The van der Waals surface area contributed by atoms with Crippen LogP contribution >= 0.6 is 0 Å². The predicted molar refractivity (Wildman–Crippen MR) is 67.7 cm³/mol. The van der Waals surface area contributed by atoms with Gasteiger partial charge < -0.3 is 14.2 Å². The molecule has 1 aromatic rings. The smallest absolute Gasteiger partial charge is 0.204 e. The number of hydrogen-bond acceptors (Lipinski definition) is 4. The van der Waals surface area contributed by atoms with E-state index in [9.17, 15) is 4.79 Å². The Bertz CT molecular complexity index is 467. The van der Waals surface area contributed by atoms with Crippen molar-refractivity contribution in [1.29, 1.82) is 0 Å². The second kappa shape index (κ2) is 4.88. The average Bonchev–Trinajstić information content (AvgIpc) is 3.12. The lowest BCUT2D eigenvalue weighted by molar-refractivity contribution is 0.0958. The van der Waals surface area contributed by atoms with Crippen molar-refractivity contribution in [2.75, 3.05) is 21.3 Å². The van der Waals surface area contributed by atoms with Crippen molar-refractivity contribution in [2.45, 2.75) is 13.3 Å². The van der Waals surface area contributed by atoms with Gasteiger partial charge in [-0.1, -0.05) is 6.92 Å². The molecule has 0 spiro atoms. The van der Waals surface area contributed by atoms with Gasteiger partial charge in [-0.05, 0) is 24.5 Å². The third kappa shape index (κ3) is 2.03. The number of ketones is 1. The third-order valence-electron chi connectivity index (χ3n) is 3.42. The van der Waals surface area contributed by atoms with Crippen LogP contribution in [-0.4, -0.2) is 27.1 Å². The van der Waals surface area contributed by atoms with Crippen LogP contribution in [0.4, 0.5) is 0 Å². The van der Waals surface area contributed by atoms with Crippen LogP contribution in [0, 0.1) is 11.8 Å². The Kier molecular flexibility index (Phi) is 3.45. The highest BCUT2D eigenvalue weighted by atomic mass is 16.5. The van der Waals surface area contributed by atoms with E-state index in [1.807, 2.05) is 0 Å². The van der Waals surface area contributed by atoms with Gasteiger partial charge in [0.25, 0.3) is 0 Å². The molecule has 0 bridgehead atoms. The Hall–Kier alpha value is -1.71. The third-order valence-corrected chi connectivity index (χ3v) is 3.42. The molecule has 0 saturated heterocycles. The Morgan fingerprint density at radius 2 is 1.72 bits per heavy atom. The Balaban J connectivity index is 2.44. The fraction of sp³-hybridized carbons (Fsp3) is 0.500. The van der Waals surface area contributed by atoms with Crippen LogP contribution in [0.2, 0.25) is 0 Å². The highest BCUT2D eigenvalue weighted by Gasteiger charge is 2.41. The minimum absolute atomic E-state index is 0.122. The summed E-state index contributed by atoms with van der Waals surface area (Å²) in [5, 5.41) is 0. The lowest BCUT2D eigenvalue weighted by atomic mass is 10.0. The molecule has 0 heterocycles. The van der Waals surface area contributed by atoms with Crippen LogP contribution in [0.1, 0.15) is 23.7 Å². The summed E-state index contributed by atoms with van der Waals surface area (Å²) in [5.41, 5.74) is 0.574. The number of carbonyl (C=O) groups excluding carboxylic acids is 1. The van der Waals surface area contributed by atoms with Crippen molar-refractivity contribution in [3.05, 3.63) is 17.7 Å². The second-order valence-corrected chi connectivity index (χ2v) is 4.57. The van der Waals surface area contributed by atoms with Crippen molar-refractivity contribution in [3.8, 4) is 17.2 Å². The van der Waals surface area contributed by atoms with Crippen LogP contribution in [-0.2, 0) is 0 Å². The predicted octanol–water partition coefficient (Wildman–Crippen LogP) is 2.55. The molecule has 1 aromatic carbocycles. The summed E-state index contributed by atoms with van der Waals surface area (Å²) in [6, 6.07) is 3.48. The zero-order chi connectivity index (χ0) is 13.3. The molecule has 0 radical (unpaired) electrons. The number of methoxy groups -OCH3 is 3.